The van der Waals surface area contributed by atoms with Crippen LogP contribution in [0.1, 0.15) is 89.0 Å². The second kappa shape index (κ2) is 16.0. The normalized spacial score (nSPS) is 17.3. The van der Waals surface area contributed by atoms with E-state index in [1.165, 1.54) is 0 Å². The molecule has 0 heterocycles. The van der Waals surface area contributed by atoms with E-state index in [1.54, 1.807) is 7.11 Å². The fourth-order valence-corrected chi connectivity index (χ4v) is 6.48. The van der Waals surface area contributed by atoms with Crippen LogP contribution in [0.25, 0.3) is 0 Å². The maximum Gasteiger partial charge on any atom is 0.309 e. The number of rotatable bonds is 15. The molecule has 0 aromatic heterocycles. The van der Waals surface area contributed by atoms with Crippen molar-refractivity contribution in [3.05, 3.63) is 48.6 Å². The van der Waals surface area contributed by atoms with Gasteiger partial charge in [-0.2, -0.15) is 0 Å². The molecule has 0 saturated carbocycles. The largest absolute Gasteiger partial charge is 0.460 e. The molecule has 0 unspecified atom stereocenters. The molecule has 0 aromatic carbocycles. The van der Waals surface area contributed by atoms with Crippen LogP contribution in [0.2, 0.25) is 36.3 Å². The van der Waals surface area contributed by atoms with Gasteiger partial charge in [-0.05, 0) is 70.4 Å². The molecule has 7 heteroatoms. The summed E-state index contributed by atoms with van der Waals surface area (Å²) in [6.07, 6.45) is 12.5. The van der Waals surface area contributed by atoms with Gasteiger partial charge in [0, 0.05) is 13.0 Å². The summed E-state index contributed by atoms with van der Waals surface area (Å²) in [6.45, 7) is 37.2. The number of carbonyl (C=O) groups is 1. The average molecular weight is 609 g/mol. The van der Waals surface area contributed by atoms with Crippen LogP contribution >= 0.6 is 0 Å². The third-order valence-electron chi connectivity index (χ3n) is 8.28. The molecule has 0 N–H and O–H groups in total. The van der Waals surface area contributed by atoms with Gasteiger partial charge >= 0.3 is 5.97 Å². The van der Waals surface area contributed by atoms with Crippen LogP contribution in [0.15, 0.2) is 48.6 Å². The fraction of sp³-hybridized carbons (Fsp3) is 0.735. The molecule has 0 aliphatic carbocycles. The number of hydrogen-bond donors (Lipinski definition) is 0. The van der Waals surface area contributed by atoms with Crippen molar-refractivity contribution in [2.24, 2.45) is 5.92 Å². The van der Waals surface area contributed by atoms with Gasteiger partial charge in [-0.3, -0.25) is 4.79 Å². The minimum absolute atomic E-state index is 0.00857. The average Bonchev–Trinajstić information content (AvgIpc) is 2.76. The van der Waals surface area contributed by atoms with E-state index in [0.29, 0.717) is 0 Å². The first kappa shape index (κ1) is 39.7. The van der Waals surface area contributed by atoms with E-state index in [2.05, 4.69) is 100 Å². The van der Waals surface area contributed by atoms with Crippen molar-refractivity contribution in [3.63, 3.8) is 0 Å². The van der Waals surface area contributed by atoms with E-state index >= 15 is 0 Å². The van der Waals surface area contributed by atoms with Crippen LogP contribution < -0.4 is 0 Å². The van der Waals surface area contributed by atoms with Crippen LogP contribution in [0.5, 0.6) is 0 Å². The summed E-state index contributed by atoms with van der Waals surface area (Å²) in [6, 6.07) is 0. The van der Waals surface area contributed by atoms with E-state index in [9.17, 15) is 4.79 Å². The van der Waals surface area contributed by atoms with Gasteiger partial charge in [0.1, 0.15) is 5.60 Å². The lowest BCUT2D eigenvalue weighted by molar-refractivity contribution is -0.156. The second-order valence-corrected chi connectivity index (χ2v) is 24.9. The smallest absolute Gasteiger partial charge is 0.309 e. The number of allylic oxidation sites excluding steroid dienone is 4. The number of carbonyl (C=O) groups excluding carboxylic acids is 1. The van der Waals surface area contributed by atoms with Crippen molar-refractivity contribution >= 4 is 22.6 Å². The molecule has 0 rings (SSSR count). The molecular weight excluding hydrogens is 545 g/mol. The quantitative estimate of drug-likeness (QED) is 0.0801. The Hall–Kier alpha value is -1.26. The minimum atomic E-state index is -2.02. The van der Waals surface area contributed by atoms with Crippen molar-refractivity contribution in [1.29, 1.82) is 0 Å². The maximum atomic E-state index is 12.1. The Morgan fingerprint density at radius 3 is 1.76 bits per heavy atom. The molecule has 0 aliphatic rings. The van der Waals surface area contributed by atoms with Crippen LogP contribution in [0, 0.1) is 5.92 Å². The maximum absolute atomic E-state index is 12.1. The Bertz CT molecular complexity index is 911. The molecule has 0 aliphatic heterocycles. The van der Waals surface area contributed by atoms with Gasteiger partial charge in [0.25, 0.3) is 0 Å². The zero-order valence-corrected chi connectivity index (χ0v) is 31.4. The third-order valence-corrected chi connectivity index (χ3v) is 17.2. The molecule has 0 spiro atoms. The molecule has 0 aromatic rings. The van der Waals surface area contributed by atoms with Crippen molar-refractivity contribution in [2.45, 2.75) is 149 Å². The first-order valence-corrected chi connectivity index (χ1v) is 20.9. The number of hydrogen-bond acceptors (Lipinski definition) is 5. The standard InChI is InChI=1S/C34H64O5Si2/c1-26(2)31(39-41(16,17)34(10,11)12)27(3)29(38-40(14,15)33(7,8)9)24-22-20-18-19-21-23-28(36-13)25-30(35)37-32(4,5)6/h18-23,27-29,31H,1,24-25H2,2-17H3/b19-18+,22-20+,23-21+/t27-,28-,29-,31-/m0/s1. The molecule has 0 amide bonds. The molecule has 238 valence electrons. The van der Waals surface area contributed by atoms with Gasteiger partial charge < -0.3 is 18.3 Å². The van der Waals surface area contributed by atoms with Crippen molar-refractivity contribution in [1.82, 2.24) is 0 Å². The Kier molecular flexibility index (Phi) is 15.5. The summed E-state index contributed by atoms with van der Waals surface area (Å²) in [5, 5.41) is 0.221. The summed E-state index contributed by atoms with van der Waals surface area (Å²) in [5.74, 6) is -0.120. The Morgan fingerprint density at radius 2 is 1.32 bits per heavy atom. The molecule has 5 nitrogen and oxygen atoms in total. The molecule has 0 fully saturated rings. The lowest BCUT2D eigenvalue weighted by Gasteiger charge is -2.45. The van der Waals surface area contributed by atoms with E-state index in [4.69, 9.17) is 18.3 Å². The zero-order chi connectivity index (χ0) is 32.4. The predicted molar refractivity (Wildman–Crippen MR) is 181 cm³/mol. The lowest BCUT2D eigenvalue weighted by atomic mass is 9.92. The predicted octanol–water partition coefficient (Wildman–Crippen LogP) is 9.78. The van der Waals surface area contributed by atoms with Gasteiger partial charge in [0.05, 0.1) is 24.7 Å². The summed E-state index contributed by atoms with van der Waals surface area (Å²) in [4.78, 5) is 12.1. The summed E-state index contributed by atoms with van der Waals surface area (Å²) >= 11 is 0. The summed E-state index contributed by atoms with van der Waals surface area (Å²) in [5.41, 5.74) is 0.550. The Labute approximate surface area is 256 Å². The molecule has 0 radical (unpaired) electrons. The highest BCUT2D eigenvalue weighted by Gasteiger charge is 2.44. The molecule has 0 bridgehead atoms. The van der Waals surface area contributed by atoms with Crippen LogP contribution in [-0.2, 0) is 23.1 Å². The summed E-state index contributed by atoms with van der Waals surface area (Å²) in [7, 11) is -2.43. The van der Waals surface area contributed by atoms with Crippen LogP contribution in [-0.4, -0.2) is 53.6 Å². The lowest BCUT2D eigenvalue weighted by Crippen LogP contribution is -2.50. The van der Waals surface area contributed by atoms with Gasteiger partial charge in [-0.1, -0.05) is 97.1 Å². The highest BCUT2D eigenvalue weighted by atomic mass is 28.4. The van der Waals surface area contributed by atoms with E-state index in [0.717, 1.165) is 12.0 Å². The van der Waals surface area contributed by atoms with E-state index in [1.807, 2.05) is 45.1 Å². The van der Waals surface area contributed by atoms with Gasteiger partial charge in [0.2, 0.25) is 0 Å². The Morgan fingerprint density at radius 1 is 0.829 bits per heavy atom. The van der Waals surface area contributed by atoms with E-state index < -0.39 is 22.2 Å². The zero-order valence-electron chi connectivity index (χ0n) is 29.4. The number of methoxy groups -OCH3 is 1. The van der Waals surface area contributed by atoms with Crippen LogP contribution in [0.3, 0.4) is 0 Å². The SMILES string of the molecule is C=C(C)[C@H](O[Si](C)(C)C(C)(C)C)[C@@H](C)[C@H](C/C=C/C=C/C=C/[C@@H](CC(=O)OC(C)(C)C)OC)O[Si](C)(C)C(C)(C)C. The Balaban J connectivity index is 5.72. The third kappa shape index (κ3) is 14.7. The number of ether oxygens (including phenoxy) is 2. The van der Waals surface area contributed by atoms with Crippen molar-refractivity contribution < 1.29 is 23.1 Å². The fourth-order valence-electron chi connectivity index (χ4n) is 3.66. The van der Waals surface area contributed by atoms with E-state index in [-0.39, 0.29) is 46.7 Å². The molecular formula is C34H64O5Si2. The monoisotopic (exact) mass is 608 g/mol. The minimum Gasteiger partial charge on any atom is -0.460 e. The first-order valence-electron chi connectivity index (χ1n) is 15.1. The molecule has 4 atom stereocenters. The number of esters is 1. The van der Waals surface area contributed by atoms with Crippen LogP contribution in [0.4, 0.5) is 0 Å². The van der Waals surface area contributed by atoms with Crippen molar-refractivity contribution in [3.8, 4) is 0 Å². The second-order valence-electron chi connectivity index (χ2n) is 15.4. The summed E-state index contributed by atoms with van der Waals surface area (Å²) < 4.78 is 24.8. The highest BCUT2D eigenvalue weighted by molar-refractivity contribution is 6.74. The van der Waals surface area contributed by atoms with Crippen molar-refractivity contribution in [2.75, 3.05) is 7.11 Å². The van der Waals surface area contributed by atoms with Gasteiger partial charge in [0.15, 0.2) is 16.6 Å². The first-order chi connectivity index (χ1) is 18.3. The van der Waals surface area contributed by atoms with Gasteiger partial charge in [-0.15, -0.1) is 0 Å². The molecule has 41 heavy (non-hydrogen) atoms. The molecule has 0 saturated heterocycles. The highest BCUT2D eigenvalue weighted by Crippen LogP contribution is 2.42. The van der Waals surface area contributed by atoms with Gasteiger partial charge in [-0.25, -0.2) is 0 Å². The topological polar surface area (TPSA) is 54.0 Å².